The minimum absolute atomic E-state index is 0.146. The number of fused-ring (bicyclic) bond motifs is 2. The lowest BCUT2D eigenvalue weighted by Gasteiger charge is -2.13. The molecule has 0 unspecified atom stereocenters. The Bertz CT molecular complexity index is 1420. The molecule has 2 aromatic heterocycles. The summed E-state index contributed by atoms with van der Waals surface area (Å²) >= 11 is 0. The van der Waals surface area contributed by atoms with Crippen LogP contribution in [0.3, 0.4) is 0 Å². The Labute approximate surface area is 195 Å². The van der Waals surface area contributed by atoms with Gasteiger partial charge in [-0.2, -0.15) is 10.1 Å². The number of rotatable bonds is 6. The van der Waals surface area contributed by atoms with E-state index >= 15 is 0 Å². The highest BCUT2D eigenvalue weighted by Crippen LogP contribution is 2.35. The van der Waals surface area contributed by atoms with Crippen molar-refractivity contribution < 1.29 is 23.4 Å². The third-order valence-electron chi connectivity index (χ3n) is 5.83. The first-order valence-electron chi connectivity index (χ1n) is 10.8. The number of aromatic nitrogens is 3. The standard InChI is InChI=1S/C25H23FN4O4/c1-14-19(8-10-22(31)27-17-7-9-20-21(12-17)34-13-33-20)25(32-3)28-24-23(14)15(2)29-30(24)18-6-4-5-16(26)11-18/h4-7,9,11-12H,8,10,13H2,1-3H3,(H,27,31). The van der Waals surface area contributed by atoms with Gasteiger partial charge in [0.05, 0.1) is 18.5 Å². The van der Waals surface area contributed by atoms with Crippen molar-refractivity contribution in [1.29, 1.82) is 0 Å². The number of halogens is 1. The second-order valence-electron chi connectivity index (χ2n) is 8.02. The summed E-state index contributed by atoms with van der Waals surface area (Å²) in [6.45, 7) is 4.02. The molecule has 0 radical (unpaired) electrons. The molecular weight excluding hydrogens is 439 g/mol. The molecule has 0 saturated carbocycles. The highest BCUT2D eigenvalue weighted by atomic mass is 19.1. The van der Waals surface area contributed by atoms with Crippen molar-refractivity contribution in [2.75, 3.05) is 19.2 Å². The van der Waals surface area contributed by atoms with Crippen molar-refractivity contribution in [1.82, 2.24) is 14.8 Å². The number of ether oxygens (including phenoxy) is 3. The van der Waals surface area contributed by atoms with Crippen molar-refractivity contribution in [3.63, 3.8) is 0 Å². The van der Waals surface area contributed by atoms with Crippen LogP contribution in [0.5, 0.6) is 17.4 Å². The van der Waals surface area contributed by atoms with Crippen LogP contribution in [0.1, 0.15) is 23.2 Å². The van der Waals surface area contributed by atoms with E-state index in [4.69, 9.17) is 14.2 Å². The van der Waals surface area contributed by atoms with Crippen LogP contribution in [0.25, 0.3) is 16.7 Å². The van der Waals surface area contributed by atoms with Gasteiger partial charge in [-0.25, -0.2) is 9.07 Å². The molecule has 174 valence electrons. The van der Waals surface area contributed by atoms with Crippen LogP contribution in [0.15, 0.2) is 42.5 Å². The highest BCUT2D eigenvalue weighted by molar-refractivity contribution is 5.91. The Kier molecular flexibility index (Phi) is 5.53. The smallest absolute Gasteiger partial charge is 0.231 e. The summed E-state index contributed by atoms with van der Waals surface area (Å²) < 4.78 is 31.7. The first kappa shape index (κ1) is 21.7. The predicted octanol–water partition coefficient (Wildman–Crippen LogP) is 4.49. The third-order valence-corrected chi connectivity index (χ3v) is 5.83. The molecule has 2 aromatic carbocycles. The second-order valence-corrected chi connectivity index (χ2v) is 8.02. The zero-order chi connectivity index (χ0) is 23.8. The maximum absolute atomic E-state index is 13.8. The molecule has 4 aromatic rings. The van der Waals surface area contributed by atoms with E-state index in [-0.39, 0.29) is 24.9 Å². The molecule has 0 aliphatic carbocycles. The van der Waals surface area contributed by atoms with Gasteiger partial charge in [-0.3, -0.25) is 4.79 Å². The lowest BCUT2D eigenvalue weighted by atomic mass is 10.0. The normalized spacial score (nSPS) is 12.2. The number of hydrogen-bond donors (Lipinski definition) is 1. The van der Waals surface area contributed by atoms with E-state index < -0.39 is 0 Å². The lowest BCUT2D eigenvalue weighted by molar-refractivity contribution is -0.116. The zero-order valence-electron chi connectivity index (χ0n) is 19.0. The molecule has 3 heterocycles. The number of aryl methyl sites for hydroxylation is 2. The van der Waals surface area contributed by atoms with Crippen LogP contribution in [0, 0.1) is 19.7 Å². The molecule has 1 amide bonds. The van der Waals surface area contributed by atoms with Gasteiger partial charge in [0.2, 0.25) is 18.6 Å². The van der Waals surface area contributed by atoms with Crippen molar-refractivity contribution in [3.8, 4) is 23.1 Å². The largest absolute Gasteiger partial charge is 0.481 e. The molecule has 34 heavy (non-hydrogen) atoms. The van der Waals surface area contributed by atoms with Crippen LogP contribution in [-0.2, 0) is 11.2 Å². The van der Waals surface area contributed by atoms with Crippen LogP contribution in [0.2, 0.25) is 0 Å². The Morgan fingerprint density at radius 3 is 2.79 bits per heavy atom. The second kappa shape index (κ2) is 8.66. The third kappa shape index (κ3) is 3.89. The maximum Gasteiger partial charge on any atom is 0.231 e. The molecule has 1 aliphatic rings. The van der Waals surface area contributed by atoms with Gasteiger partial charge in [-0.05, 0) is 56.2 Å². The van der Waals surface area contributed by atoms with Crippen molar-refractivity contribution in [2.24, 2.45) is 0 Å². The molecule has 9 heteroatoms. The maximum atomic E-state index is 13.8. The molecule has 8 nitrogen and oxygen atoms in total. The van der Waals surface area contributed by atoms with Gasteiger partial charge in [-0.1, -0.05) is 6.07 Å². The summed E-state index contributed by atoms with van der Waals surface area (Å²) in [5.41, 5.74) is 4.31. The molecule has 0 spiro atoms. The van der Waals surface area contributed by atoms with E-state index in [0.29, 0.717) is 40.8 Å². The Morgan fingerprint density at radius 1 is 1.18 bits per heavy atom. The van der Waals surface area contributed by atoms with E-state index in [9.17, 15) is 9.18 Å². The number of carbonyl (C=O) groups is 1. The first-order valence-corrected chi connectivity index (χ1v) is 10.8. The van der Waals surface area contributed by atoms with Crippen LogP contribution in [-0.4, -0.2) is 34.6 Å². The van der Waals surface area contributed by atoms with Gasteiger partial charge in [0.15, 0.2) is 17.1 Å². The van der Waals surface area contributed by atoms with Gasteiger partial charge in [0.25, 0.3) is 0 Å². The molecule has 0 saturated heterocycles. The average molecular weight is 462 g/mol. The number of pyridine rings is 1. The predicted molar refractivity (Wildman–Crippen MR) is 124 cm³/mol. The zero-order valence-corrected chi connectivity index (χ0v) is 19.0. The molecule has 1 aliphatic heterocycles. The number of amides is 1. The summed E-state index contributed by atoms with van der Waals surface area (Å²) in [4.78, 5) is 17.3. The number of nitrogens with zero attached hydrogens (tertiary/aromatic N) is 3. The summed E-state index contributed by atoms with van der Waals surface area (Å²) in [5, 5.41) is 8.34. The van der Waals surface area contributed by atoms with Crippen LogP contribution >= 0.6 is 0 Å². The number of anilines is 1. The van der Waals surface area contributed by atoms with Crippen molar-refractivity contribution in [3.05, 3.63) is 65.1 Å². The molecular formula is C25H23FN4O4. The van der Waals surface area contributed by atoms with E-state index in [1.807, 2.05) is 13.8 Å². The topological polar surface area (TPSA) is 87.5 Å². The van der Waals surface area contributed by atoms with E-state index in [0.717, 1.165) is 22.2 Å². The van der Waals surface area contributed by atoms with Crippen molar-refractivity contribution in [2.45, 2.75) is 26.7 Å². The summed E-state index contributed by atoms with van der Waals surface area (Å²) in [6.07, 6.45) is 0.662. The lowest BCUT2D eigenvalue weighted by Crippen LogP contribution is -2.13. The SMILES string of the molecule is COc1nc2c(c(C)nn2-c2cccc(F)c2)c(C)c1CCC(=O)Nc1ccc2c(c1)OCO2. The van der Waals surface area contributed by atoms with E-state index in [2.05, 4.69) is 15.4 Å². The van der Waals surface area contributed by atoms with Crippen LogP contribution in [0.4, 0.5) is 10.1 Å². The van der Waals surface area contributed by atoms with Gasteiger partial charge in [0.1, 0.15) is 5.82 Å². The number of methoxy groups -OCH3 is 1. The summed E-state index contributed by atoms with van der Waals surface area (Å²) in [7, 11) is 1.54. The number of carbonyl (C=O) groups excluding carboxylic acids is 1. The highest BCUT2D eigenvalue weighted by Gasteiger charge is 2.21. The molecule has 0 fully saturated rings. The summed E-state index contributed by atoms with van der Waals surface area (Å²) in [5.74, 6) is 1.18. The Hall–Kier alpha value is -4.14. The van der Waals surface area contributed by atoms with Gasteiger partial charge in [0, 0.05) is 29.1 Å². The Morgan fingerprint density at radius 2 is 2.00 bits per heavy atom. The fourth-order valence-electron chi connectivity index (χ4n) is 4.22. The van der Waals surface area contributed by atoms with E-state index in [1.165, 1.54) is 12.1 Å². The quantitative estimate of drug-likeness (QED) is 0.455. The fraction of sp³-hybridized carbons (Fsp3) is 0.240. The monoisotopic (exact) mass is 462 g/mol. The van der Waals surface area contributed by atoms with Gasteiger partial charge in [-0.15, -0.1) is 0 Å². The number of benzene rings is 2. The molecule has 0 bridgehead atoms. The number of nitrogens with one attached hydrogen (secondary N) is 1. The van der Waals surface area contributed by atoms with E-state index in [1.54, 1.807) is 42.1 Å². The van der Waals surface area contributed by atoms with Crippen LogP contribution < -0.4 is 19.5 Å². The minimum Gasteiger partial charge on any atom is -0.481 e. The molecule has 5 rings (SSSR count). The molecule has 0 atom stereocenters. The minimum atomic E-state index is -0.354. The average Bonchev–Trinajstić information content (AvgIpc) is 3.42. The molecule has 1 N–H and O–H groups in total. The number of hydrogen-bond acceptors (Lipinski definition) is 6. The van der Waals surface area contributed by atoms with Gasteiger partial charge >= 0.3 is 0 Å². The van der Waals surface area contributed by atoms with Gasteiger partial charge < -0.3 is 19.5 Å². The summed E-state index contributed by atoms with van der Waals surface area (Å²) in [6, 6.07) is 11.5. The van der Waals surface area contributed by atoms with Crippen molar-refractivity contribution >= 4 is 22.6 Å². The Balaban J connectivity index is 1.41. The first-order chi connectivity index (χ1) is 16.4. The fourth-order valence-corrected chi connectivity index (χ4v) is 4.22.